The number of alkyl halides is 5. The molecule has 0 aliphatic rings. The molecular weight excluding hydrogens is 295 g/mol. The lowest BCUT2D eigenvalue weighted by atomic mass is 9.82. The Bertz CT molecular complexity index is 619. The normalized spacial score (nSPS) is 15.8. The molecule has 0 saturated heterocycles. The summed E-state index contributed by atoms with van der Waals surface area (Å²) < 4.78 is 71.0. The van der Waals surface area contributed by atoms with E-state index in [1.165, 1.54) is 25.1 Å². The molecule has 1 atom stereocenters. The van der Waals surface area contributed by atoms with E-state index < -0.39 is 29.0 Å². The van der Waals surface area contributed by atoms with Crippen LogP contribution in [0.25, 0.3) is 0 Å². The molecular formula is C14H11F5O2. The minimum absolute atomic E-state index is 0.0836. The average molecular weight is 306 g/mol. The first-order valence-electron chi connectivity index (χ1n) is 5.89. The number of aliphatic hydroxyl groups is 1. The molecule has 1 aromatic heterocycles. The van der Waals surface area contributed by atoms with Gasteiger partial charge in [-0.1, -0.05) is 24.3 Å². The highest BCUT2D eigenvalue weighted by atomic mass is 19.4. The second-order valence-electron chi connectivity index (χ2n) is 4.57. The van der Waals surface area contributed by atoms with Crippen LogP contribution in [0.2, 0.25) is 0 Å². The zero-order valence-electron chi connectivity index (χ0n) is 10.8. The van der Waals surface area contributed by atoms with Crippen LogP contribution in [0, 0.1) is 6.92 Å². The Balaban J connectivity index is 2.77. The maximum Gasteiger partial charge on any atom is 0.457 e. The standard InChI is InChI=1S/C14H11F5O2/c1-9-5-2-3-6-10(9)12(20,11-7-4-8-21-11)13(15,16)14(17,18)19/h2-8,20H,1H3. The van der Waals surface area contributed by atoms with Gasteiger partial charge >= 0.3 is 12.1 Å². The van der Waals surface area contributed by atoms with Crippen LogP contribution in [0.4, 0.5) is 22.0 Å². The van der Waals surface area contributed by atoms with E-state index in [0.29, 0.717) is 0 Å². The lowest BCUT2D eigenvalue weighted by Crippen LogP contribution is -2.55. The maximum atomic E-state index is 14.0. The van der Waals surface area contributed by atoms with Gasteiger partial charge in [0.25, 0.3) is 0 Å². The van der Waals surface area contributed by atoms with Gasteiger partial charge in [0.2, 0.25) is 5.60 Å². The zero-order valence-corrected chi connectivity index (χ0v) is 10.8. The smallest absolute Gasteiger partial charge is 0.457 e. The molecule has 1 N–H and O–H groups in total. The Kier molecular flexibility index (Phi) is 3.57. The number of aryl methyl sites for hydroxylation is 1. The summed E-state index contributed by atoms with van der Waals surface area (Å²) in [4.78, 5) is 0. The second-order valence-corrected chi connectivity index (χ2v) is 4.57. The molecule has 1 heterocycles. The van der Waals surface area contributed by atoms with Crippen LogP contribution in [0.5, 0.6) is 0 Å². The van der Waals surface area contributed by atoms with E-state index in [0.717, 1.165) is 24.5 Å². The molecule has 1 aromatic carbocycles. The lowest BCUT2D eigenvalue weighted by Gasteiger charge is -2.36. The van der Waals surface area contributed by atoms with Crippen LogP contribution in [0.3, 0.4) is 0 Å². The summed E-state index contributed by atoms with van der Waals surface area (Å²) in [5.41, 5.74) is -4.12. The first-order chi connectivity index (χ1) is 9.62. The van der Waals surface area contributed by atoms with Crippen LogP contribution in [0.1, 0.15) is 16.9 Å². The van der Waals surface area contributed by atoms with Crippen molar-refractivity contribution in [2.45, 2.75) is 24.6 Å². The first kappa shape index (κ1) is 15.5. The lowest BCUT2D eigenvalue weighted by molar-refractivity contribution is -0.339. The van der Waals surface area contributed by atoms with Gasteiger partial charge in [0, 0.05) is 5.56 Å². The third kappa shape index (κ3) is 2.21. The fourth-order valence-corrected chi connectivity index (χ4v) is 2.12. The van der Waals surface area contributed by atoms with Crippen LogP contribution in [0.15, 0.2) is 47.1 Å². The van der Waals surface area contributed by atoms with Gasteiger partial charge in [0.1, 0.15) is 5.76 Å². The van der Waals surface area contributed by atoms with Crippen molar-refractivity contribution < 1.29 is 31.5 Å². The van der Waals surface area contributed by atoms with Gasteiger partial charge < -0.3 is 9.52 Å². The molecule has 0 amide bonds. The molecule has 0 fully saturated rings. The number of benzene rings is 1. The van der Waals surface area contributed by atoms with Crippen molar-refractivity contribution in [3.63, 3.8) is 0 Å². The maximum absolute atomic E-state index is 14.0. The van der Waals surface area contributed by atoms with E-state index in [1.54, 1.807) is 0 Å². The van der Waals surface area contributed by atoms with Gasteiger partial charge in [-0.25, -0.2) is 0 Å². The molecule has 0 bridgehead atoms. The fraction of sp³-hybridized carbons (Fsp3) is 0.286. The summed E-state index contributed by atoms with van der Waals surface area (Å²) in [7, 11) is 0. The number of hydrogen-bond donors (Lipinski definition) is 1. The number of furan rings is 1. The molecule has 2 aromatic rings. The number of hydrogen-bond acceptors (Lipinski definition) is 2. The van der Waals surface area contributed by atoms with Crippen molar-refractivity contribution in [3.8, 4) is 0 Å². The topological polar surface area (TPSA) is 33.4 Å². The Morgan fingerprint density at radius 1 is 0.952 bits per heavy atom. The van der Waals surface area contributed by atoms with Gasteiger partial charge in [-0.05, 0) is 24.6 Å². The molecule has 21 heavy (non-hydrogen) atoms. The molecule has 0 saturated carbocycles. The third-order valence-corrected chi connectivity index (χ3v) is 3.22. The third-order valence-electron chi connectivity index (χ3n) is 3.22. The minimum Gasteiger partial charge on any atom is -0.466 e. The highest BCUT2D eigenvalue weighted by molar-refractivity contribution is 5.40. The first-order valence-corrected chi connectivity index (χ1v) is 5.89. The van der Waals surface area contributed by atoms with Crippen LogP contribution in [-0.4, -0.2) is 17.2 Å². The number of rotatable bonds is 3. The van der Waals surface area contributed by atoms with Crippen molar-refractivity contribution in [1.29, 1.82) is 0 Å². The van der Waals surface area contributed by atoms with E-state index in [4.69, 9.17) is 0 Å². The quantitative estimate of drug-likeness (QED) is 0.869. The van der Waals surface area contributed by atoms with E-state index in [-0.39, 0.29) is 5.56 Å². The van der Waals surface area contributed by atoms with E-state index in [2.05, 4.69) is 4.42 Å². The van der Waals surface area contributed by atoms with Gasteiger partial charge in [-0.3, -0.25) is 0 Å². The molecule has 0 aliphatic heterocycles. The van der Waals surface area contributed by atoms with Gasteiger partial charge in [-0.15, -0.1) is 0 Å². The number of halogens is 5. The molecule has 0 radical (unpaired) electrons. The predicted octanol–water partition coefficient (Wildman–Crippen LogP) is 4.02. The second kappa shape index (κ2) is 4.84. The molecule has 1 unspecified atom stereocenters. The summed E-state index contributed by atoms with van der Waals surface area (Å²) >= 11 is 0. The Labute approximate surface area is 116 Å². The van der Waals surface area contributed by atoms with Gasteiger partial charge in [-0.2, -0.15) is 22.0 Å². The molecule has 2 rings (SSSR count). The van der Waals surface area contributed by atoms with Crippen LogP contribution >= 0.6 is 0 Å². The van der Waals surface area contributed by atoms with Gasteiger partial charge in [0.15, 0.2) is 0 Å². The molecule has 0 spiro atoms. The highest BCUT2D eigenvalue weighted by Crippen LogP contribution is 2.52. The molecule has 114 valence electrons. The Morgan fingerprint density at radius 2 is 1.57 bits per heavy atom. The van der Waals surface area contributed by atoms with Gasteiger partial charge in [0.05, 0.1) is 6.26 Å². The van der Waals surface area contributed by atoms with Crippen molar-refractivity contribution >= 4 is 0 Å². The van der Waals surface area contributed by atoms with E-state index >= 15 is 0 Å². The summed E-state index contributed by atoms with van der Waals surface area (Å²) in [6.45, 7) is 1.33. The Morgan fingerprint density at radius 3 is 2.05 bits per heavy atom. The molecule has 0 aliphatic carbocycles. The zero-order chi connectivity index (χ0) is 15.9. The van der Waals surface area contributed by atoms with Crippen molar-refractivity contribution in [2.75, 3.05) is 0 Å². The SMILES string of the molecule is Cc1ccccc1C(O)(c1ccco1)C(F)(F)C(F)(F)F. The van der Waals surface area contributed by atoms with Crippen molar-refractivity contribution in [3.05, 3.63) is 59.5 Å². The molecule has 7 heteroatoms. The summed E-state index contributed by atoms with van der Waals surface area (Å²) in [5.74, 6) is -6.30. The van der Waals surface area contributed by atoms with Crippen molar-refractivity contribution in [1.82, 2.24) is 0 Å². The van der Waals surface area contributed by atoms with Crippen LogP contribution < -0.4 is 0 Å². The monoisotopic (exact) mass is 306 g/mol. The fourth-order valence-electron chi connectivity index (χ4n) is 2.12. The summed E-state index contributed by atoms with van der Waals surface area (Å²) in [5, 5.41) is 10.3. The largest absolute Gasteiger partial charge is 0.466 e. The van der Waals surface area contributed by atoms with Crippen LogP contribution in [-0.2, 0) is 5.60 Å². The summed E-state index contributed by atoms with van der Waals surface area (Å²) in [6, 6.07) is 7.08. The van der Waals surface area contributed by atoms with E-state index in [9.17, 15) is 27.1 Å². The molecule has 2 nitrogen and oxygen atoms in total. The van der Waals surface area contributed by atoms with E-state index in [1.807, 2.05) is 0 Å². The highest BCUT2D eigenvalue weighted by Gasteiger charge is 2.72. The summed E-state index contributed by atoms with van der Waals surface area (Å²) in [6.07, 6.45) is -5.03. The Hall–Kier alpha value is -1.89. The minimum atomic E-state index is -5.95. The average Bonchev–Trinajstić information content (AvgIpc) is 2.91. The predicted molar refractivity (Wildman–Crippen MR) is 63.9 cm³/mol. The van der Waals surface area contributed by atoms with Crippen molar-refractivity contribution in [2.24, 2.45) is 0 Å².